The Hall–Kier alpha value is -1.67. The predicted molar refractivity (Wildman–Crippen MR) is 88.7 cm³/mol. The summed E-state index contributed by atoms with van der Waals surface area (Å²) in [6.45, 7) is 3.30. The molecule has 0 bridgehead atoms. The highest BCUT2D eigenvalue weighted by Crippen LogP contribution is 2.23. The zero-order chi connectivity index (χ0) is 17.8. The molecule has 0 saturated carbocycles. The van der Waals surface area contributed by atoms with Crippen LogP contribution in [0.1, 0.15) is 25.7 Å². The Morgan fingerprint density at radius 1 is 1.16 bits per heavy atom. The Bertz CT molecular complexity index is 518. The minimum atomic E-state index is -0.357. The van der Waals surface area contributed by atoms with Crippen molar-refractivity contribution in [2.45, 2.75) is 37.8 Å². The molecule has 3 rings (SSSR count). The maximum atomic E-state index is 12.9. The molecule has 0 aliphatic carbocycles. The fraction of sp³-hybridized carbons (Fsp3) is 0.824. The zero-order valence-corrected chi connectivity index (χ0v) is 14.8. The predicted octanol–water partition coefficient (Wildman–Crippen LogP) is -0.526. The normalized spacial score (nSPS) is 25.6. The molecule has 3 saturated heterocycles. The van der Waals surface area contributed by atoms with E-state index in [2.05, 4.69) is 0 Å². The highest BCUT2D eigenvalue weighted by atomic mass is 16.5. The van der Waals surface area contributed by atoms with Crippen LogP contribution in [0.4, 0.5) is 0 Å². The van der Waals surface area contributed by atoms with Gasteiger partial charge in [0, 0.05) is 39.3 Å². The van der Waals surface area contributed by atoms with Gasteiger partial charge in [0.2, 0.25) is 17.7 Å². The van der Waals surface area contributed by atoms with Crippen LogP contribution in [0, 0.1) is 0 Å². The molecular weight excluding hydrogens is 326 g/mol. The first-order chi connectivity index (χ1) is 12.1. The molecule has 25 heavy (non-hydrogen) atoms. The summed E-state index contributed by atoms with van der Waals surface area (Å²) in [6.07, 6.45) is 3.15. The number of methoxy groups -OCH3 is 1. The number of piperidine rings is 1. The minimum absolute atomic E-state index is 0.0188. The smallest absolute Gasteiger partial charge is 0.249 e. The average molecular weight is 353 g/mol. The maximum absolute atomic E-state index is 12.9. The van der Waals surface area contributed by atoms with Crippen LogP contribution in [-0.2, 0) is 23.9 Å². The van der Waals surface area contributed by atoms with Crippen molar-refractivity contribution in [1.29, 1.82) is 0 Å². The zero-order valence-electron chi connectivity index (χ0n) is 14.8. The van der Waals surface area contributed by atoms with E-state index in [4.69, 9.17) is 9.47 Å². The van der Waals surface area contributed by atoms with E-state index in [1.165, 1.54) is 7.11 Å². The van der Waals surface area contributed by atoms with Crippen molar-refractivity contribution in [3.8, 4) is 0 Å². The molecule has 0 N–H and O–H groups in total. The second kappa shape index (κ2) is 8.14. The molecule has 0 radical (unpaired) electrons. The number of hydrogen-bond donors (Lipinski definition) is 0. The van der Waals surface area contributed by atoms with E-state index in [0.29, 0.717) is 32.8 Å². The molecule has 3 aliphatic rings. The summed E-state index contributed by atoms with van der Waals surface area (Å²) in [5.74, 6) is -0.0380. The van der Waals surface area contributed by atoms with Crippen LogP contribution in [0.25, 0.3) is 0 Å². The van der Waals surface area contributed by atoms with Gasteiger partial charge in [0.05, 0.1) is 6.61 Å². The van der Waals surface area contributed by atoms with Gasteiger partial charge in [-0.1, -0.05) is 0 Å². The topological polar surface area (TPSA) is 79.4 Å². The van der Waals surface area contributed by atoms with Gasteiger partial charge < -0.3 is 24.2 Å². The van der Waals surface area contributed by atoms with Crippen molar-refractivity contribution in [1.82, 2.24) is 14.7 Å². The number of carbonyl (C=O) groups excluding carboxylic acids is 3. The van der Waals surface area contributed by atoms with Crippen molar-refractivity contribution in [2.24, 2.45) is 0 Å². The maximum Gasteiger partial charge on any atom is 0.249 e. The molecule has 0 aromatic rings. The van der Waals surface area contributed by atoms with Crippen molar-refractivity contribution >= 4 is 17.7 Å². The summed E-state index contributed by atoms with van der Waals surface area (Å²) >= 11 is 0. The molecule has 3 aliphatic heterocycles. The summed E-state index contributed by atoms with van der Waals surface area (Å²) in [6, 6.07) is -0.167. The van der Waals surface area contributed by atoms with Gasteiger partial charge >= 0.3 is 0 Å². The molecule has 3 fully saturated rings. The highest BCUT2D eigenvalue weighted by molar-refractivity contribution is 5.88. The van der Waals surface area contributed by atoms with Gasteiger partial charge in [-0.25, -0.2) is 0 Å². The summed E-state index contributed by atoms with van der Waals surface area (Å²) in [5.41, 5.74) is 0. The first-order valence-electron chi connectivity index (χ1n) is 9.06. The Balaban J connectivity index is 1.54. The van der Waals surface area contributed by atoms with Crippen molar-refractivity contribution in [3.05, 3.63) is 0 Å². The first-order valence-corrected chi connectivity index (χ1v) is 9.06. The largest absolute Gasteiger partial charge is 0.375 e. The summed E-state index contributed by atoms with van der Waals surface area (Å²) in [4.78, 5) is 42.3. The molecule has 1 unspecified atom stereocenters. The van der Waals surface area contributed by atoms with Gasteiger partial charge in [-0.2, -0.15) is 0 Å². The molecule has 140 valence electrons. The van der Waals surface area contributed by atoms with Crippen LogP contribution >= 0.6 is 0 Å². The SMILES string of the molecule is COCC(=O)N1CCCC1C(=O)N1CCC(N2CCOCC2=O)CC1. The van der Waals surface area contributed by atoms with E-state index < -0.39 is 0 Å². The number of nitrogens with zero attached hydrogens (tertiary/aromatic N) is 3. The Morgan fingerprint density at radius 3 is 2.60 bits per heavy atom. The van der Waals surface area contributed by atoms with Gasteiger partial charge in [0.15, 0.2) is 0 Å². The lowest BCUT2D eigenvalue weighted by atomic mass is 10.0. The Morgan fingerprint density at radius 2 is 1.92 bits per heavy atom. The number of ether oxygens (including phenoxy) is 2. The third-order valence-corrected chi connectivity index (χ3v) is 5.37. The average Bonchev–Trinajstić information content (AvgIpc) is 3.12. The number of carbonyl (C=O) groups is 3. The van der Waals surface area contributed by atoms with E-state index in [1.54, 1.807) is 4.90 Å². The fourth-order valence-electron chi connectivity index (χ4n) is 4.05. The van der Waals surface area contributed by atoms with Crippen molar-refractivity contribution in [2.75, 3.05) is 53.1 Å². The third kappa shape index (κ3) is 3.95. The van der Waals surface area contributed by atoms with Gasteiger partial charge in [-0.3, -0.25) is 14.4 Å². The van der Waals surface area contributed by atoms with E-state index >= 15 is 0 Å². The fourth-order valence-corrected chi connectivity index (χ4v) is 4.05. The van der Waals surface area contributed by atoms with E-state index in [1.807, 2.05) is 9.80 Å². The summed E-state index contributed by atoms with van der Waals surface area (Å²) in [5, 5.41) is 0. The van der Waals surface area contributed by atoms with Crippen LogP contribution in [0.15, 0.2) is 0 Å². The van der Waals surface area contributed by atoms with Gasteiger partial charge in [0.1, 0.15) is 19.3 Å². The quantitative estimate of drug-likeness (QED) is 0.679. The molecule has 3 amide bonds. The van der Waals surface area contributed by atoms with Crippen LogP contribution in [0.2, 0.25) is 0 Å². The van der Waals surface area contributed by atoms with Crippen molar-refractivity contribution in [3.63, 3.8) is 0 Å². The van der Waals surface area contributed by atoms with E-state index in [9.17, 15) is 14.4 Å². The van der Waals surface area contributed by atoms with Crippen LogP contribution in [0.5, 0.6) is 0 Å². The molecule has 3 heterocycles. The van der Waals surface area contributed by atoms with Crippen molar-refractivity contribution < 1.29 is 23.9 Å². The third-order valence-electron chi connectivity index (χ3n) is 5.37. The number of likely N-dealkylation sites (tertiary alicyclic amines) is 2. The molecule has 8 heteroatoms. The molecule has 1 atom stereocenters. The molecule has 8 nitrogen and oxygen atoms in total. The lowest BCUT2D eigenvalue weighted by molar-refractivity contribution is -0.150. The summed E-state index contributed by atoms with van der Waals surface area (Å²) < 4.78 is 10.1. The molecule has 0 spiro atoms. The van der Waals surface area contributed by atoms with Crippen LogP contribution < -0.4 is 0 Å². The molecule has 0 aromatic heterocycles. The number of amides is 3. The highest BCUT2D eigenvalue weighted by Gasteiger charge is 2.38. The molecular formula is C17H27N3O5. The molecule has 0 aromatic carbocycles. The summed E-state index contributed by atoms with van der Waals surface area (Å²) in [7, 11) is 1.49. The lowest BCUT2D eigenvalue weighted by Crippen LogP contribution is -2.55. The van der Waals surface area contributed by atoms with E-state index in [0.717, 1.165) is 25.7 Å². The van der Waals surface area contributed by atoms with Crippen LogP contribution in [-0.4, -0.2) is 97.6 Å². The minimum Gasteiger partial charge on any atom is -0.375 e. The number of hydrogen-bond acceptors (Lipinski definition) is 5. The van der Waals surface area contributed by atoms with Gasteiger partial charge in [-0.05, 0) is 25.7 Å². The second-order valence-corrected chi connectivity index (χ2v) is 6.87. The Labute approximate surface area is 148 Å². The number of morpholine rings is 1. The van der Waals surface area contributed by atoms with Crippen LogP contribution in [0.3, 0.4) is 0 Å². The van der Waals surface area contributed by atoms with E-state index in [-0.39, 0.29) is 43.0 Å². The van der Waals surface area contributed by atoms with Gasteiger partial charge in [0.25, 0.3) is 0 Å². The second-order valence-electron chi connectivity index (χ2n) is 6.87. The standard InChI is InChI=1S/C17H27N3O5/c1-24-11-15(21)20-6-2-3-14(20)17(23)18-7-4-13(5-8-18)19-9-10-25-12-16(19)22/h13-14H,2-12H2,1H3. The Kier molecular flexibility index (Phi) is 5.90. The number of rotatable bonds is 4. The van der Waals surface area contributed by atoms with Gasteiger partial charge in [-0.15, -0.1) is 0 Å². The first kappa shape index (κ1) is 18.1. The monoisotopic (exact) mass is 353 g/mol. The lowest BCUT2D eigenvalue weighted by Gasteiger charge is -2.41.